The van der Waals surface area contributed by atoms with Crippen LogP contribution in [0.15, 0.2) is 270 Å². The lowest BCUT2D eigenvalue weighted by molar-refractivity contribution is 0.606. The predicted molar refractivity (Wildman–Crippen MR) is 318 cm³/mol. The lowest BCUT2D eigenvalue weighted by Gasteiger charge is -2.42. The SMILES string of the molecule is c1ccc(N(c2ccccc2)c2ccc(B3c4ccccc4B4c5cccc6c5B(c5ccccc5B6c5ccc(-c6ccc7c(c6)C6(c8ccccc8-c8ccccc86)c6ccccc6-7)o5)c5cccc3c54)o2)cc1. The van der Waals surface area contributed by atoms with Gasteiger partial charge in [-0.05, 0) is 93.0 Å². The third-order valence-corrected chi connectivity index (χ3v) is 17.7. The molecule has 0 bridgehead atoms. The second-order valence-corrected chi connectivity index (χ2v) is 21.2. The average Bonchev–Trinajstić information content (AvgIpc) is 4.09. The number of furan rings is 2. The molecule has 5 heterocycles. The van der Waals surface area contributed by atoms with Crippen molar-refractivity contribution in [3.63, 3.8) is 0 Å². The Morgan fingerprint density at radius 3 is 1.20 bits per heavy atom. The van der Waals surface area contributed by atoms with E-state index in [1.54, 1.807) is 0 Å². The second-order valence-electron chi connectivity index (χ2n) is 21.2. The number of nitrogens with zero attached hydrogens (tertiary/aromatic N) is 1. The molecule has 2 aliphatic carbocycles. The lowest BCUT2D eigenvalue weighted by atomic mass is 9.11. The molecule has 0 saturated heterocycles. The molecule has 0 fully saturated rings. The van der Waals surface area contributed by atoms with Crippen LogP contribution in [0.2, 0.25) is 0 Å². The highest BCUT2D eigenvalue weighted by molar-refractivity contribution is 7.21. The number of para-hydroxylation sites is 2. The largest absolute Gasteiger partial charge is 0.470 e. The fraction of sp³-hybridized carbons (Fsp3) is 0.0145. The summed E-state index contributed by atoms with van der Waals surface area (Å²) in [5.41, 5.74) is 28.6. The topological polar surface area (TPSA) is 29.5 Å². The third kappa shape index (κ3) is 5.62. The zero-order valence-electron chi connectivity index (χ0n) is 41.4. The van der Waals surface area contributed by atoms with Gasteiger partial charge in [-0.15, -0.1) is 0 Å². The van der Waals surface area contributed by atoms with Crippen LogP contribution < -0.4 is 70.8 Å². The standard InChI is InChI=1S/C69H43B4NO2/c1-3-19-45(20-4-1)74(46-21-5-2-6-22-46)66-42-41-65(76-66)71-56-30-14-16-32-58(56)73-61-35-17-33-59-67(61)72(62-36-18-34-60(71)68(62)73)57-31-15-13-29-55(57)70(59)64-40-39-63(75-64)44-37-38-50-49-25-9-12-28-53(49)69(54(50)43-44)51-26-10-7-23-47(51)48-24-8-11-27-52(48)69/h1-43H. The van der Waals surface area contributed by atoms with E-state index in [-0.39, 0.29) is 26.9 Å². The van der Waals surface area contributed by atoms with Crippen molar-refractivity contribution in [2.45, 2.75) is 5.41 Å². The van der Waals surface area contributed by atoms with Gasteiger partial charge in [-0.3, -0.25) is 4.90 Å². The smallest absolute Gasteiger partial charge is 0.286 e. The maximum absolute atomic E-state index is 7.31. The van der Waals surface area contributed by atoms with Gasteiger partial charge in [0.15, 0.2) is 0 Å². The number of hydrogen-bond donors (Lipinski definition) is 0. The Kier molecular flexibility index (Phi) is 8.84. The van der Waals surface area contributed by atoms with Crippen molar-refractivity contribution in [2.75, 3.05) is 4.90 Å². The summed E-state index contributed by atoms with van der Waals surface area (Å²) in [5, 5.41) is 0. The third-order valence-electron chi connectivity index (χ3n) is 17.7. The molecule has 0 saturated carbocycles. The van der Waals surface area contributed by atoms with Gasteiger partial charge in [0.1, 0.15) is 5.76 Å². The van der Waals surface area contributed by atoms with Crippen LogP contribution >= 0.6 is 0 Å². The van der Waals surface area contributed by atoms with Crippen LogP contribution in [0.4, 0.5) is 17.3 Å². The number of anilines is 3. The molecule has 1 spiro atoms. The molecule has 12 aromatic rings. The Hall–Kier alpha value is -9.18. The molecule has 0 N–H and O–H groups in total. The molecule has 7 heteroatoms. The van der Waals surface area contributed by atoms with Crippen LogP contribution in [-0.4, -0.2) is 26.9 Å². The van der Waals surface area contributed by atoms with E-state index in [1.165, 1.54) is 99.1 Å². The Balaban J connectivity index is 0.797. The highest BCUT2D eigenvalue weighted by Gasteiger charge is 2.53. The van der Waals surface area contributed by atoms with E-state index in [9.17, 15) is 0 Å². The van der Waals surface area contributed by atoms with Crippen molar-refractivity contribution in [3.8, 4) is 33.6 Å². The summed E-state index contributed by atoms with van der Waals surface area (Å²) < 4.78 is 14.5. The minimum absolute atomic E-state index is 0.0516. The molecular weight excluding hydrogens is 918 g/mol. The predicted octanol–water partition coefficient (Wildman–Crippen LogP) is 7.36. The molecule has 0 unspecified atom stereocenters. The van der Waals surface area contributed by atoms with E-state index in [4.69, 9.17) is 8.83 Å². The molecule has 3 aliphatic heterocycles. The minimum atomic E-state index is -0.425. The lowest BCUT2D eigenvalue weighted by Crippen LogP contribution is -2.89. The Morgan fingerprint density at radius 1 is 0.289 bits per heavy atom. The number of benzene rings is 10. The van der Waals surface area contributed by atoms with E-state index >= 15 is 0 Å². The fourth-order valence-corrected chi connectivity index (χ4v) is 14.9. The molecule has 0 radical (unpaired) electrons. The second kappa shape index (κ2) is 15.9. The first-order chi connectivity index (χ1) is 37.7. The summed E-state index contributed by atoms with van der Waals surface area (Å²) in [4.78, 5) is 2.21. The van der Waals surface area contributed by atoms with Gasteiger partial charge in [-0.1, -0.05) is 261 Å². The van der Waals surface area contributed by atoms with Gasteiger partial charge >= 0.3 is 0 Å². The van der Waals surface area contributed by atoms with Crippen LogP contribution in [0.3, 0.4) is 0 Å². The van der Waals surface area contributed by atoms with Crippen molar-refractivity contribution in [2.24, 2.45) is 0 Å². The summed E-state index contributed by atoms with van der Waals surface area (Å²) in [6.45, 7) is -0.0829. The molecule has 0 atom stereocenters. The summed E-state index contributed by atoms with van der Waals surface area (Å²) in [7, 11) is 0. The van der Waals surface area contributed by atoms with Crippen LogP contribution in [0.25, 0.3) is 33.6 Å². The van der Waals surface area contributed by atoms with Gasteiger partial charge in [-0.2, -0.15) is 0 Å². The zero-order chi connectivity index (χ0) is 49.6. The van der Waals surface area contributed by atoms with E-state index in [0.717, 1.165) is 39.9 Å². The molecule has 2 aromatic heterocycles. The molecule has 17 rings (SSSR count). The van der Waals surface area contributed by atoms with Crippen LogP contribution in [0.1, 0.15) is 22.3 Å². The molecule has 3 nitrogen and oxygen atoms in total. The van der Waals surface area contributed by atoms with Gasteiger partial charge < -0.3 is 8.83 Å². The van der Waals surface area contributed by atoms with E-state index in [1.807, 2.05) is 0 Å². The first-order valence-electron chi connectivity index (χ1n) is 26.7. The summed E-state index contributed by atoms with van der Waals surface area (Å²) in [6, 6.07) is 96.4. The summed E-state index contributed by atoms with van der Waals surface area (Å²) in [6.07, 6.45) is 0. The van der Waals surface area contributed by atoms with Gasteiger partial charge in [0.2, 0.25) is 19.3 Å². The van der Waals surface area contributed by atoms with Crippen molar-refractivity contribution in [1.82, 2.24) is 0 Å². The first kappa shape index (κ1) is 42.2. The first-order valence-corrected chi connectivity index (χ1v) is 26.7. The van der Waals surface area contributed by atoms with E-state index < -0.39 is 5.41 Å². The van der Waals surface area contributed by atoms with Gasteiger partial charge in [0.25, 0.3) is 13.4 Å². The number of hydrogen-bond acceptors (Lipinski definition) is 3. The average molecular weight is 961 g/mol. The van der Waals surface area contributed by atoms with Crippen molar-refractivity contribution in [3.05, 3.63) is 283 Å². The maximum Gasteiger partial charge on any atom is 0.286 e. The highest BCUT2D eigenvalue weighted by atomic mass is 16.4. The quantitative estimate of drug-likeness (QED) is 0.164. The Labute approximate surface area is 443 Å². The molecular formula is C69H43B4NO2. The van der Waals surface area contributed by atoms with Gasteiger partial charge in [0, 0.05) is 23.0 Å². The van der Waals surface area contributed by atoms with Crippen molar-refractivity contribution < 1.29 is 8.83 Å². The van der Waals surface area contributed by atoms with Crippen LogP contribution in [0.5, 0.6) is 0 Å². The van der Waals surface area contributed by atoms with Crippen molar-refractivity contribution >= 4 is 110 Å². The summed E-state index contributed by atoms with van der Waals surface area (Å²) in [5.74, 6) is 1.67. The summed E-state index contributed by atoms with van der Waals surface area (Å²) >= 11 is 0. The normalized spacial score (nSPS) is 14.1. The Morgan fingerprint density at radius 2 is 0.684 bits per heavy atom. The van der Waals surface area contributed by atoms with Gasteiger partial charge in [-0.25, -0.2) is 0 Å². The Bertz CT molecular complexity index is 4270. The monoisotopic (exact) mass is 961 g/mol. The number of fused-ring (bicyclic) bond motifs is 16. The maximum atomic E-state index is 7.31. The minimum Gasteiger partial charge on any atom is -0.470 e. The fourth-order valence-electron chi connectivity index (χ4n) is 14.9. The number of rotatable bonds is 6. The molecule has 10 aromatic carbocycles. The van der Waals surface area contributed by atoms with Crippen molar-refractivity contribution in [1.29, 1.82) is 0 Å². The molecule has 0 amide bonds. The van der Waals surface area contributed by atoms with Crippen LogP contribution in [0, 0.1) is 0 Å². The molecule has 76 heavy (non-hydrogen) atoms. The highest BCUT2D eigenvalue weighted by Crippen LogP contribution is 2.63. The van der Waals surface area contributed by atoms with E-state index in [2.05, 4.69) is 266 Å². The zero-order valence-corrected chi connectivity index (χ0v) is 41.4. The van der Waals surface area contributed by atoms with E-state index in [0.29, 0.717) is 0 Å². The molecule has 348 valence electrons. The molecule has 5 aliphatic rings. The van der Waals surface area contributed by atoms with Gasteiger partial charge in [0.05, 0.1) is 16.7 Å². The van der Waals surface area contributed by atoms with Crippen LogP contribution in [-0.2, 0) is 5.41 Å².